The molecule has 4 heteroatoms. The Bertz CT molecular complexity index is 487. The maximum absolute atomic E-state index is 12.7. The lowest BCUT2D eigenvalue weighted by Crippen LogP contribution is -2.42. The number of nitrogens with zero attached hydrogens (tertiary/aromatic N) is 1. The van der Waals surface area contributed by atoms with Crippen LogP contribution < -0.4 is 0 Å². The van der Waals surface area contributed by atoms with E-state index in [1.807, 2.05) is 20.8 Å². The third-order valence-corrected chi connectivity index (χ3v) is 4.44. The Hall–Kier alpha value is -0.940. The third kappa shape index (κ3) is 5.28. The Morgan fingerprint density at radius 1 is 1.21 bits per heavy atom. The summed E-state index contributed by atoms with van der Waals surface area (Å²) in [6, 6.07) is 8.10. The first kappa shape index (κ1) is 19.4. The van der Waals surface area contributed by atoms with Gasteiger partial charge in [0.1, 0.15) is 0 Å². The van der Waals surface area contributed by atoms with Gasteiger partial charge in [-0.15, -0.1) is 10.3 Å². The van der Waals surface area contributed by atoms with Crippen LogP contribution in [0.1, 0.15) is 71.0 Å². The van der Waals surface area contributed by atoms with E-state index in [2.05, 4.69) is 38.1 Å². The molecule has 1 fully saturated rings. The minimum absolute atomic E-state index is 0.0696. The summed E-state index contributed by atoms with van der Waals surface area (Å²) in [5.74, 6) is 0.250. The molecule has 2 rings (SSSR count). The molecule has 24 heavy (non-hydrogen) atoms. The van der Waals surface area contributed by atoms with Crippen molar-refractivity contribution in [1.29, 1.82) is 0 Å². The fourth-order valence-corrected chi connectivity index (χ4v) is 3.05. The SMILES string of the molecule is CC(C)C(c1ccc(COC2CCCCO2)cc1)N([O])C(C)(C)C. The van der Waals surface area contributed by atoms with Crippen molar-refractivity contribution in [2.24, 2.45) is 5.92 Å². The Morgan fingerprint density at radius 3 is 2.38 bits per heavy atom. The van der Waals surface area contributed by atoms with E-state index in [9.17, 15) is 5.21 Å². The van der Waals surface area contributed by atoms with Gasteiger partial charge in [0, 0.05) is 12.1 Å². The highest BCUT2D eigenvalue weighted by atomic mass is 16.7. The number of hydrogen-bond acceptors (Lipinski definition) is 3. The lowest BCUT2D eigenvalue weighted by Gasteiger charge is -2.36. The molecule has 0 spiro atoms. The smallest absolute Gasteiger partial charge is 0.158 e. The van der Waals surface area contributed by atoms with Crippen molar-refractivity contribution in [3.63, 3.8) is 0 Å². The molecule has 1 saturated heterocycles. The van der Waals surface area contributed by atoms with Gasteiger partial charge in [-0.3, -0.25) is 0 Å². The molecule has 1 radical (unpaired) electrons. The molecule has 1 aliphatic rings. The van der Waals surface area contributed by atoms with Gasteiger partial charge in [0.25, 0.3) is 0 Å². The predicted octanol–water partition coefficient (Wildman–Crippen LogP) is 4.87. The summed E-state index contributed by atoms with van der Waals surface area (Å²) in [5, 5.41) is 13.9. The number of hydroxylamine groups is 2. The van der Waals surface area contributed by atoms with Crippen molar-refractivity contribution in [3.05, 3.63) is 35.4 Å². The normalized spacial score (nSPS) is 20.6. The molecule has 1 aromatic rings. The number of hydrogen-bond donors (Lipinski definition) is 0. The van der Waals surface area contributed by atoms with Gasteiger partial charge in [-0.1, -0.05) is 38.1 Å². The maximum Gasteiger partial charge on any atom is 0.158 e. The van der Waals surface area contributed by atoms with E-state index < -0.39 is 5.54 Å². The van der Waals surface area contributed by atoms with Gasteiger partial charge in [0.2, 0.25) is 0 Å². The fourth-order valence-electron chi connectivity index (χ4n) is 3.05. The summed E-state index contributed by atoms with van der Waals surface area (Å²) in [5.41, 5.74) is 1.77. The van der Waals surface area contributed by atoms with Gasteiger partial charge in [-0.2, -0.15) is 0 Å². The molecule has 1 heterocycles. The minimum atomic E-state index is -0.408. The van der Waals surface area contributed by atoms with Crippen molar-refractivity contribution in [2.45, 2.75) is 78.4 Å². The summed E-state index contributed by atoms with van der Waals surface area (Å²) in [4.78, 5) is 0. The van der Waals surface area contributed by atoms with E-state index in [1.54, 1.807) is 0 Å². The lowest BCUT2D eigenvalue weighted by atomic mass is 9.92. The van der Waals surface area contributed by atoms with Gasteiger partial charge in [0.05, 0.1) is 12.6 Å². The molecule has 135 valence electrons. The van der Waals surface area contributed by atoms with Crippen LogP contribution in [0.5, 0.6) is 0 Å². The summed E-state index contributed by atoms with van der Waals surface area (Å²) in [6.07, 6.45) is 3.21. The fraction of sp³-hybridized carbons (Fsp3) is 0.700. The molecular weight excluding hydrogens is 302 g/mol. The van der Waals surface area contributed by atoms with Crippen molar-refractivity contribution in [1.82, 2.24) is 5.06 Å². The van der Waals surface area contributed by atoms with Crippen molar-refractivity contribution >= 4 is 0 Å². The highest BCUT2D eigenvalue weighted by Gasteiger charge is 2.32. The van der Waals surface area contributed by atoms with Crippen LogP contribution in [0.2, 0.25) is 0 Å². The van der Waals surface area contributed by atoms with E-state index >= 15 is 0 Å². The van der Waals surface area contributed by atoms with Crippen LogP contribution in [0.15, 0.2) is 24.3 Å². The molecular formula is C20H32NO3. The van der Waals surface area contributed by atoms with Gasteiger partial charge < -0.3 is 9.47 Å². The van der Waals surface area contributed by atoms with Crippen molar-refractivity contribution in [3.8, 4) is 0 Å². The Morgan fingerprint density at radius 2 is 1.88 bits per heavy atom. The second kappa shape index (κ2) is 8.43. The first-order chi connectivity index (χ1) is 11.3. The van der Waals surface area contributed by atoms with Crippen LogP contribution in [-0.4, -0.2) is 23.5 Å². The highest BCUT2D eigenvalue weighted by Crippen LogP contribution is 2.32. The largest absolute Gasteiger partial charge is 0.353 e. The topological polar surface area (TPSA) is 41.6 Å². The van der Waals surface area contributed by atoms with Crippen LogP contribution in [0.3, 0.4) is 0 Å². The highest BCUT2D eigenvalue weighted by molar-refractivity contribution is 5.25. The van der Waals surface area contributed by atoms with Crippen LogP contribution in [0.4, 0.5) is 0 Å². The van der Waals surface area contributed by atoms with E-state index in [0.717, 1.165) is 30.6 Å². The molecule has 1 aromatic carbocycles. The number of ether oxygens (including phenoxy) is 2. The average Bonchev–Trinajstić information content (AvgIpc) is 2.54. The summed E-state index contributed by atoms with van der Waals surface area (Å²) < 4.78 is 11.4. The second-order valence-electron chi connectivity index (χ2n) is 8.03. The van der Waals surface area contributed by atoms with Crippen molar-refractivity contribution in [2.75, 3.05) is 6.61 Å². The van der Waals surface area contributed by atoms with E-state index in [1.165, 1.54) is 11.5 Å². The van der Waals surface area contributed by atoms with Gasteiger partial charge >= 0.3 is 0 Å². The molecule has 0 amide bonds. The van der Waals surface area contributed by atoms with Gasteiger partial charge in [0.15, 0.2) is 6.29 Å². The van der Waals surface area contributed by atoms with Crippen LogP contribution >= 0.6 is 0 Å². The first-order valence-electron chi connectivity index (χ1n) is 9.07. The summed E-state index contributed by atoms with van der Waals surface area (Å²) >= 11 is 0. The Kier molecular flexibility index (Phi) is 6.81. The zero-order valence-electron chi connectivity index (χ0n) is 15.7. The number of rotatable bonds is 6. The Labute approximate surface area is 146 Å². The molecule has 1 aliphatic heterocycles. The molecule has 0 bridgehead atoms. The predicted molar refractivity (Wildman–Crippen MR) is 94.7 cm³/mol. The second-order valence-corrected chi connectivity index (χ2v) is 8.03. The maximum atomic E-state index is 12.7. The van der Waals surface area contributed by atoms with Crippen molar-refractivity contribution < 1.29 is 14.7 Å². The molecule has 0 saturated carbocycles. The van der Waals surface area contributed by atoms with Gasteiger partial charge in [-0.25, -0.2) is 0 Å². The molecule has 0 aliphatic carbocycles. The van der Waals surface area contributed by atoms with Crippen LogP contribution in [-0.2, 0) is 21.3 Å². The molecule has 0 N–H and O–H groups in total. The van der Waals surface area contributed by atoms with E-state index in [4.69, 9.17) is 9.47 Å². The standard InChI is InChI=1S/C20H32NO3/c1-15(2)19(21(22)20(3,4)5)17-11-9-16(10-12-17)14-24-18-8-6-7-13-23-18/h9-12,15,18-19H,6-8,13-14H2,1-5H3. The number of benzene rings is 1. The Balaban J connectivity index is 2.00. The zero-order chi connectivity index (χ0) is 17.7. The van der Waals surface area contributed by atoms with E-state index in [0.29, 0.717) is 6.61 Å². The summed E-state index contributed by atoms with van der Waals surface area (Å²) in [6.45, 7) is 11.4. The molecule has 4 nitrogen and oxygen atoms in total. The molecule has 0 aromatic heterocycles. The quantitative estimate of drug-likeness (QED) is 0.697. The van der Waals surface area contributed by atoms with Gasteiger partial charge in [-0.05, 0) is 57.1 Å². The van der Waals surface area contributed by atoms with Crippen LogP contribution in [0.25, 0.3) is 0 Å². The third-order valence-electron chi connectivity index (χ3n) is 4.44. The lowest BCUT2D eigenvalue weighted by molar-refractivity contribution is -0.250. The minimum Gasteiger partial charge on any atom is -0.353 e. The zero-order valence-corrected chi connectivity index (χ0v) is 15.7. The van der Waals surface area contributed by atoms with E-state index in [-0.39, 0.29) is 18.2 Å². The summed E-state index contributed by atoms with van der Waals surface area (Å²) in [7, 11) is 0. The first-order valence-corrected chi connectivity index (χ1v) is 9.07. The molecule has 2 unspecified atom stereocenters. The average molecular weight is 334 g/mol. The van der Waals surface area contributed by atoms with Crippen LogP contribution in [0, 0.1) is 5.92 Å². The monoisotopic (exact) mass is 334 g/mol. The molecule has 2 atom stereocenters.